The molecule has 26 heavy (non-hydrogen) atoms. The number of benzene rings is 2. The van der Waals surface area contributed by atoms with E-state index in [-0.39, 0.29) is 31.2 Å². The van der Waals surface area contributed by atoms with Gasteiger partial charge in [-0.1, -0.05) is 24.3 Å². The number of carboxylic acid groups (broad SMARTS) is 1. The van der Waals surface area contributed by atoms with Crippen LogP contribution in [0.2, 0.25) is 0 Å². The predicted molar refractivity (Wildman–Crippen MR) is 93.8 cm³/mol. The number of aliphatic carboxylic acids is 1. The average molecular weight is 354 g/mol. The van der Waals surface area contributed by atoms with Crippen molar-refractivity contribution in [1.82, 2.24) is 10.2 Å². The second-order valence-corrected chi connectivity index (χ2v) is 6.20. The lowest BCUT2D eigenvalue weighted by Crippen LogP contribution is -2.42. The second-order valence-electron chi connectivity index (χ2n) is 6.20. The number of carbonyl (C=O) groups is 4. The lowest BCUT2D eigenvalue weighted by Gasteiger charge is -2.27. The van der Waals surface area contributed by atoms with Gasteiger partial charge in [0.15, 0.2) is 0 Å². The predicted octanol–water partition coefficient (Wildman–Crippen LogP) is 1.81. The first-order chi connectivity index (χ1) is 12.4. The smallest absolute Gasteiger partial charge is 0.325 e. The second kappa shape index (κ2) is 6.95. The highest BCUT2D eigenvalue weighted by molar-refractivity contribution is 6.25. The van der Waals surface area contributed by atoms with Crippen LogP contribution >= 0.6 is 0 Å². The van der Waals surface area contributed by atoms with Crippen molar-refractivity contribution in [2.75, 3.05) is 6.54 Å². The van der Waals surface area contributed by atoms with Crippen LogP contribution in [-0.4, -0.2) is 46.3 Å². The van der Waals surface area contributed by atoms with Gasteiger partial charge in [-0.2, -0.15) is 0 Å². The lowest BCUT2D eigenvalue weighted by molar-refractivity contribution is -0.141. The Hall–Kier alpha value is -3.22. The third-order valence-electron chi connectivity index (χ3n) is 4.39. The van der Waals surface area contributed by atoms with E-state index in [0.717, 1.165) is 10.3 Å². The van der Waals surface area contributed by atoms with E-state index in [0.29, 0.717) is 16.5 Å². The molecular weight excluding hydrogens is 336 g/mol. The number of nitrogens with one attached hydrogen (secondary N) is 1. The molecule has 7 nitrogen and oxygen atoms in total. The van der Waals surface area contributed by atoms with Crippen LogP contribution in [0.25, 0.3) is 10.8 Å². The highest BCUT2D eigenvalue weighted by Crippen LogP contribution is 2.29. The topological polar surface area (TPSA) is 104 Å². The zero-order valence-corrected chi connectivity index (χ0v) is 14.2. The Morgan fingerprint density at radius 3 is 2.19 bits per heavy atom. The van der Waals surface area contributed by atoms with Crippen molar-refractivity contribution in [2.45, 2.75) is 25.8 Å². The zero-order valence-electron chi connectivity index (χ0n) is 14.2. The number of hydrogen-bond acceptors (Lipinski definition) is 4. The first-order valence-electron chi connectivity index (χ1n) is 8.30. The fourth-order valence-electron chi connectivity index (χ4n) is 3.06. The average Bonchev–Trinajstić information content (AvgIpc) is 2.62. The quantitative estimate of drug-likeness (QED) is 0.770. The molecule has 0 spiro atoms. The zero-order chi connectivity index (χ0) is 18.8. The third kappa shape index (κ3) is 3.15. The molecule has 3 rings (SSSR count). The molecule has 0 aliphatic carbocycles. The van der Waals surface area contributed by atoms with Crippen LogP contribution < -0.4 is 5.32 Å². The van der Waals surface area contributed by atoms with Crippen LogP contribution in [0.3, 0.4) is 0 Å². The Morgan fingerprint density at radius 1 is 1.08 bits per heavy atom. The van der Waals surface area contributed by atoms with Crippen molar-refractivity contribution in [1.29, 1.82) is 0 Å². The van der Waals surface area contributed by atoms with Gasteiger partial charge >= 0.3 is 5.97 Å². The summed E-state index contributed by atoms with van der Waals surface area (Å²) in [6, 6.07) is 9.65. The molecule has 0 saturated carbocycles. The molecule has 2 aromatic rings. The molecule has 0 unspecified atom stereocenters. The van der Waals surface area contributed by atoms with E-state index in [4.69, 9.17) is 5.11 Å². The van der Waals surface area contributed by atoms with E-state index in [9.17, 15) is 19.2 Å². The largest absolute Gasteiger partial charge is 0.480 e. The Bertz CT molecular complexity index is 871. The maximum Gasteiger partial charge on any atom is 0.325 e. The summed E-state index contributed by atoms with van der Waals surface area (Å²) in [6.07, 6.45) is 0.286. The van der Waals surface area contributed by atoms with Gasteiger partial charge in [0.05, 0.1) is 0 Å². The van der Waals surface area contributed by atoms with Gasteiger partial charge in [0.1, 0.15) is 6.04 Å². The fourth-order valence-corrected chi connectivity index (χ4v) is 3.06. The van der Waals surface area contributed by atoms with Crippen LogP contribution in [0.5, 0.6) is 0 Å². The fraction of sp³-hybridized carbons (Fsp3) is 0.263. The highest BCUT2D eigenvalue weighted by Gasteiger charge is 2.32. The number of nitrogens with zero attached hydrogens (tertiary/aromatic N) is 1. The maximum atomic E-state index is 12.7. The number of amides is 3. The number of rotatable bonds is 6. The van der Waals surface area contributed by atoms with Gasteiger partial charge in [-0.15, -0.1) is 0 Å². The first kappa shape index (κ1) is 17.6. The van der Waals surface area contributed by atoms with Gasteiger partial charge in [0.25, 0.3) is 11.8 Å². The van der Waals surface area contributed by atoms with E-state index in [2.05, 4.69) is 5.32 Å². The van der Waals surface area contributed by atoms with Gasteiger partial charge in [0.2, 0.25) is 5.91 Å². The molecule has 7 heteroatoms. The molecular formula is C19H18N2O5. The normalized spacial score (nSPS) is 14.4. The Balaban J connectivity index is 1.71. The van der Waals surface area contributed by atoms with Crippen molar-refractivity contribution in [3.05, 3.63) is 47.5 Å². The monoisotopic (exact) mass is 354 g/mol. The molecule has 2 N–H and O–H groups in total. The van der Waals surface area contributed by atoms with Crippen LogP contribution in [0.15, 0.2) is 36.4 Å². The number of carbonyl (C=O) groups excluding carboxylic acids is 3. The summed E-state index contributed by atoms with van der Waals surface area (Å²) >= 11 is 0. The molecule has 0 radical (unpaired) electrons. The molecule has 1 atom stereocenters. The Labute approximate surface area is 149 Å². The minimum absolute atomic E-state index is 0.0283. The van der Waals surface area contributed by atoms with Gasteiger partial charge in [-0.25, -0.2) is 0 Å². The molecule has 1 heterocycles. The molecule has 0 aromatic heterocycles. The van der Waals surface area contributed by atoms with E-state index in [1.54, 1.807) is 24.3 Å². The third-order valence-corrected chi connectivity index (χ3v) is 4.39. The van der Waals surface area contributed by atoms with E-state index in [1.165, 1.54) is 6.92 Å². The lowest BCUT2D eigenvalue weighted by atomic mass is 9.94. The van der Waals surface area contributed by atoms with Crippen molar-refractivity contribution in [3.63, 3.8) is 0 Å². The molecule has 3 amide bonds. The van der Waals surface area contributed by atoms with E-state index in [1.807, 2.05) is 12.1 Å². The van der Waals surface area contributed by atoms with Crippen LogP contribution in [0.4, 0.5) is 0 Å². The molecule has 134 valence electrons. The highest BCUT2D eigenvalue weighted by atomic mass is 16.4. The number of carboxylic acids is 1. The Kier molecular flexibility index (Phi) is 4.71. The van der Waals surface area contributed by atoms with Crippen LogP contribution in [0, 0.1) is 0 Å². The van der Waals surface area contributed by atoms with Crippen LogP contribution in [-0.2, 0) is 9.59 Å². The summed E-state index contributed by atoms with van der Waals surface area (Å²) in [5.74, 6) is -2.30. The van der Waals surface area contributed by atoms with Gasteiger partial charge in [0, 0.05) is 29.5 Å². The molecule has 2 aromatic carbocycles. The van der Waals surface area contributed by atoms with E-state index >= 15 is 0 Å². The molecule has 1 aliphatic heterocycles. The molecule has 1 aliphatic rings. The van der Waals surface area contributed by atoms with Crippen molar-refractivity contribution in [2.24, 2.45) is 0 Å². The SMILES string of the molecule is C[C@H](NC(=O)CCCN1C(=O)c2cccc3cccc(c23)C1=O)C(=O)O. The number of imide groups is 1. The van der Waals surface area contributed by atoms with Gasteiger partial charge < -0.3 is 10.4 Å². The Morgan fingerprint density at radius 2 is 1.65 bits per heavy atom. The van der Waals surface area contributed by atoms with Crippen molar-refractivity contribution < 1.29 is 24.3 Å². The minimum atomic E-state index is -1.12. The van der Waals surface area contributed by atoms with Crippen molar-refractivity contribution in [3.8, 4) is 0 Å². The summed E-state index contributed by atoms with van der Waals surface area (Å²) < 4.78 is 0. The van der Waals surface area contributed by atoms with Crippen LogP contribution in [0.1, 0.15) is 40.5 Å². The summed E-state index contributed by atoms with van der Waals surface area (Å²) in [6.45, 7) is 1.47. The summed E-state index contributed by atoms with van der Waals surface area (Å²) in [7, 11) is 0. The molecule has 0 bridgehead atoms. The molecule has 0 fully saturated rings. The standard InChI is InChI=1S/C19H18N2O5/c1-11(19(25)26)20-15(22)9-4-10-21-17(23)13-7-2-5-12-6-3-8-14(16(12)13)18(21)24/h2-3,5-8,11H,4,9-10H2,1H3,(H,20,22)(H,25,26)/t11-/m0/s1. The maximum absolute atomic E-state index is 12.7. The van der Waals surface area contributed by atoms with E-state index < -0.39 is 17.9 Å². The minimum Gasteiger partial charge on any atom is -0.480 e. The van der Waals surface area contributed by atoms with Gasteiger partial charge in [-0.3, -0.25) is 24.1 Å². The molecule has 0 saturated heterocycles. The van der Waals surface area contributed by atoms with Gasteiger partial charge in [-0.05, 0) is 30.9 Å². The summed E-state index contributed by atoms with van der Waals surface area (Å²) in [5, 5.41) is 12.6. The summed E-state index contributed by atoms with van der Waals surface area (Å²) in [4.78, 5) is 49.0. The number of hydrogen-bond donors (Lipinski definition) is 2. The van der Waals surface area contributed by atoms with Crippen molar-refractivity contribution >= 4 is 34.5 Å². The first-order valence-corrected chi connectivity index (χ1v) is 8.30. The summed E-state index contributed by atoms with van der Waals surface area (Å²) in [5.41, 5.74) is 0.948.